The third kappa shape index (κ3) is 3.32. The fraction of sp³-hybridized carbons (Fsp3) is 0.364. The Morgan fingerprint density at radius 1 is 1.59 bits per heavy atom. The molecule has 1 rings (SSSR count). The van der Waals surface area contributed by atoms with Crippen molar-refractivity contribution in [3.8, 4) is 11.5 Å². The predicted octanol–water partition coefficient (Wildman–Crippen LogP) is 1.40. The number of carbonyl (C=O) groups is 1. The molecule has 1 atom stereocenters. The van der Waals surface area contributed by atoms with E-state index in [2.05, 4.69) is 0 Å². The molecule has 0 saturated carbocycles. The van der Waals surface area contributed by atoms with Gasteiger partial charge in [-0.25, -0.2) is 4.39 Å². The van der Waals surface area contributed by atoms with Crippen LogP contribution in [-0.2, 0) is 4.79 Å². The normalized spacial score (nSPS) is 12.2. The van der Waals surface area contributed by atoms with E-state index in [1.54, 1.807) is 0 Å². The Morgan fingerprint density at radius 3 is 2.76 bits per heavy atom. The molecular weight excluding hydrogens is 229 g/mol. The number of phenolic OH excluding ortho intramolecular Hbond substituents is 1. The lowest BCUT2D eigenvalue weighted by Gasteiger charge is -2.15. The summed E-state index contributed by atoms with van der Waals surface area (Å²) in [4.78, 5) is 10.4. The van der Waals surface area contributed by atoms with Crippen molar-refractivity contribution in [2.75, 3.05) is 7.11 Å². The third-order valence-electron chi connectivity index (χ3n) is 2.37. The largest absolute Gasteiger partial charge is 0.505 e. The zero-order chi connectivity index (χ0) is 13.0. The van der Waals surface area contributed by atoms with Crippen molar-refractivity contribution in [3.05, 3.63) is 23.5 Å². The summed E-state index contributed by atoms with van der Waals surface area (Å²) < 4.78 is 18.0. The minimum atomic E-state index is -0.967. The molecular formula is C11H14FNO4. The van der Waals surface area contributed by atoms with Crippen LogP contribution in [0.4, 0.5) is 4.39 Å². The molecule has 0 bridgehead atoms. The number of carboxylic acid groups (broad SMARTS) is 1. The molecule has 1 aromatic carbocycles. The number of benzene rings is 1. The van der Waals surface area contributed by atoms with Crippen molar-refractivity contribution in [1.82, 2.24) is 0 Å². The van der Waals surface area contributed by atoms with Gasteiger partial charge in [0.2, 0.25) is 0 Å². The molecule has 0 aliphatic rings. The lowest BCUT2D eigenvalue weighted by atomic mass is 10.0. The number of halogens is 1. The van der Waals surface area contributed by atoms with Crippen LogP contribution in [0, 0.1) is 5.82 Å². The number of methoxy groups -OCH3 is 1. The highest BCUT2D eigenvalue weighted by atomic mass is 19.1. The van der Waals surface area contributed by atoms with Crippen molar-refractivity contribution >= 4 is 5.97 Å². The first-order valence-electron chi connectivity index (χ1n) is 4.99. The minimum Gasteiger partial charge on any atom is -0.505 e. The van der Waals surface area contributed by atoms with Crippen molar-refractivity contribution in [2.24, 2.45) is 5.73 Å². The quantitative estimate of drug-likeness (QED) is 0.727. The second-order valence-corrected chi connectivity index (χ2v) is 3.58. The number of nitrogens with two attached hydrogens (primary N) is 1. The van der Waals surface area contributed by atoms with Crippen LogP contribution in [0.1, 0.15) is 24.4 Å². The Morgan fingerprint density at radius 2 is 2.24 bits per heavy atom. The van der Waals surface area contributed by atoms with E-state index in [0.717, 1.165) is 12.1 Å². The van der Waals surface area contributed by atoms with Gasteiger partial charge >= 0.3 is 5.97 Å². The second kappa shape index (κ2) is 5.49. The number of carboxylic acids is 1. The van der Waals surface area contributed by atoms with Crippen LogP contribution in [0.2, 0.25) is 0 Å². The lowest BCUT2D eigenvalue weighted by Crippen LogP contribution is -2.13. The van der Waals surface area contributed by atoms with Gasteiger partial charge in [-0.05, 0) is 12.5 Å². The van der Waals surface area contributed by atoms with Gasteiger partial charge in [0.25, 0.3) is 0 Å². The van der Waals surface area contributed by atoms with Crippen LogP contribution in [0.3, 0.4) is 0 Å². The number of hydrogen-bond acceptors (Lipinski definition) is 4. The number of aliphatic carboxylic acids is 1. The summed E-state index contributed by atoms with van der Waals surface area (Å²) in [6.07, 6.45) is 0.0687. The van der Waals surface area contributed by atoms with Crippen LogP contribution in [0.25, 0.3) is 0 Å². The SMILES string of the molecule is COc1cc(F)c(O)cc1C(N)CCC(=O)O. The summed E-state index contributed by atoms with van der Waals surface area (Å²) in [5.74, 6) is -2.12. The van der Waals surface area contributed by atoms with Gasteiger partial charge in [-0.1, -0.05) is 0 Å². The molecule has 6 heteroatoms. The molecule has 1 unspecified atom stereocenters. The zero-order valence-corrected chi connectivity index (χ0v) is 9.31. The Balaban J connectivity index is 2.95. The monoisotopic (exact) mass is 243 g/mol. The van der Waals surface area contributed by atoms with E-state index in [4.69, 9.17) is 15.6 Å². The van der Waals surface area contributed by atoms with E-state index in [0.29, 0.717) is 5.56 Å². The fourth-order valence-electron chi connectivity index (χ4n) is 1.46. The van der Waals surface area contributed by atoms with Gasteiger partial charge in [-0.2, -0.15) is 0 Å². The van der Waals surface area contributed by atoms with E-state index in [-0.39, 0.29) is 18.6 Å². The molecule has 0 aliphatic heterocycles. The van der Waals surface area contributed by atoms with Gasteiger partial charge in [0.1, 0.15) is 5.75 Å². The highest BCUT2D eigenvalue weighted by Crippen LogP contribution is 2.32. The molecule has 94 valence electrons. The van der Waals surface area contributed by atoms with E-state index >= 15 is 0 Å². The summed E-state index contributed by atoms with van der Waals surface area (Å²) in [6, 6.07) is 1.54. The molecule has 0 saturated heterocycles. The molecule has 0 aromatic heterocycles. The Bertz CT molecular complexity index is 422. The lowest BCUT2D eigenvalue weighted by molar-refractivity contribution is -0.137. The van der Waals surface area contributed by atoms with Crippen molar-refractivity contribution < 1.29 is 24.1 Å². The molecule has 4 N–H and O–H groups in total. The molecule has 0 spiro atoms. The van der Waals surface area contributed by atoms with Crippen molar-refractivity contribution in [3.63, 3.8) is 0 Å². The molecule has 0 fully saturated rings. The topological polar surface area (TPSA) is 92.8 Å². The summed E-state index contributed by atoms with van der Waals surface area (Å²) in [5.41, 5.74) is 6.14. The van der Waals surface area contributed by atoms with Gasteiger partial charge in [0, 0.05) is 24.1 Å². The summed E-state index contributed by atoms with van der Waals surface area (Å²) in [6.45, 7) is 0. The first-order valence-corrected chi connectivity index (χ1v) is 4.99. The molecule has 0 amide bonds. The number of rotatable bonds is 5. The number of aromatic hydroxyl groups is 1. The summed E-state index contributed by atoms with van der Waals surface area (Å²) in [5, 5.41) is 17.8. The number of phenols is 1. The molecule has 0 radical (unpaired) electrons. The molecule has 1 aromatic rings. The second-order valence-electron chi connectivity index (χ2n) is 3.58. The van der Waals surface area contributed by atoms with Crippen molar-refractivity contribution in [1.29, 1.82) is 0 Å². The van der Waals surface area contributed by atoms with Gasteiger partial charge < -0.3 is 20.7 Å². The predicted molar refractivity (Wildman–Crippen MR) is 58.4 cm³/mol. The maximum atomic E-state index is 13.1. The number of ether oxygens (including phenoxy) is 1. The van der Waals surface area contributed by atoms with Crippen LogP contribution in [0.15, 0.2) is 12.1 Å². The standard InChI is InChI=1S/C11H14FNO4/c1-17-10-5-7(12)9(14)4-6(10)8(13)2-3-11(15)16/h4-5,8,14H,2-3,13H2,1H3,(H,15,16). The van der Waals surface area contributed by atoms with E-state index in [9.17, 15) is 14.3 Å². The average molecular weight is 243 g/mol. The van der Waals surface area contributed by atoms with Crippen LogP contribution in [0.5, 0.6) is 11.5 Å². The highest BCUT2D eigenvalue weighted by Gasteiger charge is 2.16. The summed E-state index contributed by atoms with van der Waals surface area (Å²) >= 11 is 0. The number of hydrogen-bond donors (Lipinski definition) is 3. The smallest absolute Gasteiger partial charge is 0.303 e. The van der Waals surface area contributed by atoms with E-state index < -0.39 is 23.6 Å². The van der Waals surface area contributed by atoms with Gasteiger partial charge in [-0.15, -0.1) is 0 Å². The molecule has 17 heavy (non-hydrogen) atoms. The maximum Gasteiger partial charge on any atom is 0.303 e. The Kier molecular flexibility index (Phi) is 4.28. The van der Waals surface area contributed by atoms with Crippen LogP contribution >= 0.6 is 0 Å². The average Bonchev–Trinajstić information content (AvgIpc) is 2.28. The Hall–Kier alpha value is -1.82. The maximum absolute atomic E-state index is 13.1. The third-order valence-corrected chi connectivity index (χ3v) is 2.37. The first-order chi connectivity index (χ1) is 7.95. The van der Waals surface area contributed by atoms with E-state index in [1.165, 1.54) is 7.11 Å². The summed E-state index contributed by atoms with van der Waals surface area (Å²) in [7, 11) is 1.35. The molecule has 0 heterocycles. The van der Waals surface area contributed by atoms with Crippen LogP contribution in [-0.4, -0.2) is 23.3 Å². The Labute approximate surface area is 97.6 Å². The van der Waals surface area contributed by atoms with E-state index in [1.807, 2.05) is 0 Å². The molecule has 5 nitrogen and oxygen atoms in total. The fourth-order valence-corrected chi connectivity index (χ4v) is 1.46. The van der Waals surface area contributed by atoms with Gasteiger partial charge in [0.05, 0.1) is 7.11 Å². The van der Waals surface area contributed by atoms with Gasteiger partial charge in [-0.3, -0.25) is 4.79 Å². The van der Waals surface area contributed by atoms with Crippen molar-refractivity contribution in [2.45, 2.75) is 18.9 Å². The zero-order valence-electron chi connectivity index (χ0n) is 9.31. The van der Waals surface area contributed by atoms with Crippen LogP contribution < -0.4 is 10.5 Å². The highest BCUT2D eigenvalue weighted by molar-refractivity contribution is 5.66. The molecule has 0 aliphatic carbocycles. The first kappa shape index (κ1) is 13.2. The minimum absolute atomic E-state index is 0.109. The van der Waals surface area contributed by atoms with Gasteiger partial charge in [0.15, 0.2) is 11.6 Å².